The second-order valence-corrected chi connectivity index (χ2v) is 6.35. The number of benzene rings is 1. The molecule has 6 heteroatoms. The van der Waals surface area contributed by atoms with Gasteiger partial charge in [-0.1, -0.05) is 40.9 Å². The van der Waals surface area contributed by atoms with Gasteiger partial charge >= 0.3 is 5.97 Å². The Hall–Kier alpha value is 0.0400. The van der Waals surface area contributed by atoms with E-state index in [4.69, 9.17) is 39.9 Å². The van der Waals surface area contributed by atoms with Crippen LogP contribution in [0.2, 0.25) is 5.02 Å². The highest BCUT2D eigenvalue weighted by Crippen LogP contribution is 2.65. The van der Waals surface area contributed by atoms with E-state index in [2.05, 4.69) is 15.9 Å². The molecule has 2 atom stereocenters. The quantitative estimate of drug-likeness (QED) is 0.821. The van der Waals surface area contributed by atoms with Crippen LogP contribution in [0.25, 0.3) is 0 Å². The van der Waals surface area contributed by atoms with E-state index in [0.29, 0.717) is 9.50 Å². The molecule has 1 aromatic carbocycles. The maximum absolute atomic E-state index is 10.9. The lowest BCUT2D eigenvalue weighted by Gasteiger charge is -2.02. The Bertz CT molecular complexity index is 461. The summed E-state index contributed by atoms with van der Waals surface area (Å²) in [5, 5.41) is 9.50. The highest BCUT2D eigenvalue weighted by molar-refractivity contribution is 9.10. The predicted molar refractivity (Wildman–Crippen MR) is 67.5 cm³/mol. The first-order chi connectivity index (χ1) is 7.35. The fraction of sp³-hybridized carbons (Fsp3) is 0.300. The topological polar surface area (TPSA) is 37.3 Å². The molecular weight excluding hydrogens is 338 g/mol. The maximum Gasteiger partial charge on any atom is 0.310 e. The summed E-state index contributed by atoms with van der Waals surface area (Å²) in [4.78, 5) is 10.9. The molecule has 0 bridgehead atoms. The van der Waals surface area contributed by atoms with E-state index in [9.17, 15) is 4.79 Å². The molecule has 1 aromatic rings. The zero-order valence-corrected chi connectivity index (χ0v) is 11.6. The van der Waals surface area contributed by atoms with Crippen LogP contribution in [0.15, 0.2) is 22.7 Å². The Morgan fingerprint density at radius 1 is 1.44 bits per heavy atom. The first kappa shape index (κ1) is 12.5. The van der Waals surface area contributed by atoms with Crippen molar-refractivity contribution in [3.8, 4) is 0 Å². The highest BCUT2D eigenvalue weighted by atomic mass is 79.9. The molecule has 16 heavy (non-hydrogen) atoms. The number of halogens is 4. The predicted octanol–water partition coefficient (Wildman–Crippen LogP) is 4.07. The van der Waals surface area contributed by atoms with Crippen LogP contribution in [0.5, 0.6) is 0 Å². The van der Waals surface area contributed by atoms with E-state index in [-0.39, 0.29) is 5.92 Å². The molecule has 0 saturated heterocycles. The van der Waals surface area contributed by atoms with Crippen LogP contribution in [0, 0.1) is 5.92 Å². The third kappa shape index (κ3) is 1.94. The summed E-state index contributed by atoms with van der Waals surface area (Å²) in [6, 6.07) is 5.16. The lowest BCUT2D eigenvalue weighted by atomic mass is 10.1. The van der Waals surface area contributed by atoms with Gasteiger partial charge in [-0.25, -0.2) is 0 Å². The van der Waals surface area contributed by atoms with Gasteiger partial charge in [0.15, 0.2) is 0 Å². The summed E-state index contributed by atoms with van der Waals surface area (Å²) in [6.45, 7) is 0. The second-order valence-electron chi connectivity index (χ2n) is 3.64. The first-order valence-electron chi connectivity index (χ1n) is 4.41. The Morgan fingerprint density at radius 2 is 2.06 bits per heavy atom. The summed E-state index contributed by atoms with van der Waals surface area (Å²) >= 11 is 21.0. The fourth-order valence-corrected chi connectivity index (χ4v) is 3.09. The van der Waals surface area contributed by atoms with E-state index in [1.807, 2.05) is 0 Å². The average Bonchev–Trinajstić information content (AvgIpc) is 2.74. The molecule has 1 aliphatic rings. The van der Waals surface area contributed by atoms with Gasteiger partial charge in [-0.15, -0.1) is 0 Å². The Labute approximate surface area is 116 Å². The van der Waals surface area contributed by atoms with Gasteiger partial charge in [-0.2, -0.15) is 0 Å². The van der Waals surface area contributed by atoms with Crippen molar-refractivity contribution in [3.63, 3.8) is 0 Å². The standard InChI is InChI=1S/C10H6BrCl3O2/c11-5-3-4(1-2-6(5)12)7-8(9(15)16)10(7,13)14/h1-3,7-8H,(H,15,16)/t7-,8+/m0/s1. The largest absolute Gasteiger partial charge is 0.481 e. The van der Waals surface area contributed by atoms with Crippen LogP contribution in [0.3, 0.4) is 0 Å². The summed E-state index contributed by atoms with van der Waals surface area (Å²) in [5.74, 6) is -2.13. The third-order valence-electron chi connectivity index (χ3n) is 2.62. The van der Waals surface area contributed by atoms with Gasteiger partial charge < -0.3 is 5.11 Å². The maximum atomic E-state index is 10.9. The minimum Gasteiger partial charge on any atom is -0.481 e. The molecule has 0 spiro atoms. The number of aliphatic carboxylic acids is 1. The number of hydrogen-bond acceptors (Lipinski definition) is 1. The van der Waals surface area contributed by atoms with E-state index < -0.39 is 16.2 Å². The fourth-order valence-electron chi connectivity index (χ4n) is 1.75. The highest BCUT2D eigenvalue weighted by Gasteiger charge is 2.68. The molecule has 0 heterocycles. The molecule has 0 unspecified atom stereocenters. The molecule has 0 radical (unpaired) electrons. The van der Waals surface area contributed by atoms with Gasteiger partial charge in [-0.05, 0) is 33.6 Å². The Balaban J connectivity index is 2.33. The molecule has 86 valence electrons. The van der Waals surface area contributed by atoms with Crippen molar-refractivity contribution >= 4 is 56.7 Å². The van der Waals surface area contributed by atoms with Crippen molar-refractivity contribution in [2.75, 3.05) is 0 Å². The Morgan fingerprint density at radius 3 is 2.50 bits per heavy atom. The van der Waals surface area contributed by atoms with Gasteiger partial charge in [0.25, 0.3) is 0 Å². The van der Waals surface area contributed by atoms with Crippen molar-refractivity contribution in [1.82, 2.24) is 0 Å². The third-order valence-corrected chi connectivity index (χ3v) is 4.78. The number of carbonyl (C=O) groups is 1. The number of rotatable bonds is 2. The van der Waals surface area contributed by atoms with Gasteiger partial charge in [0.05, 0.1) is 10.9 Å². The number of alkyl halides is 2. The van der Waals surface area contributed by atoms with Crippen molar-refractivity contribution in [2.24, 2.45) is 5.92 Å². The Kier molecular flexibility index (Phi) is 3.17. The van der Waals surface area contributed by atoms with Crippen molar-refractivity contribution in [2.45, 2.75) is 10.3 Å². The molecule has 2 nitrogen and oxygen atoms in total. The molecule has 1 saturated carbocycles. The molecule has 0 aliphatic heterocycles. The summed E-state index contributed by atoms with van der Waals surface area (Å²) in [6.07, 6.45) is 0. The average molecular weight is 344 g/mol. The summed E-state index contributed by atoms with van der Waals surface area (Å²) in [7, 11) is 0. The minimum atomic E-state index is -1.22. The van der Waals surface area contributed by atoms with Crippen LogP contribution < -0.4 is 0 Å². The van der Waals surface area contributed by atoms with Gasteiger partial charge in [-0.3, -0.25) is 4.79 Å². The van der Waals surface area contributed by atoms with E-state index in [0.717, 1.165) is 5.56 Å². The summed E-state index contributed by atoms with van der Waals surface area (Å²) in [5.41, 5.74) is 0.772. The van der Waals surface area contributed by atoms with Crippen molar-refractivity contribution in [1.29, 1.82) is 0 Å². The normalized spacial score (nSPS) is 26.5. The van der Waals surface area contributed by atoms with Crippen LogP contribution in [-0.4, -0.2) is 15.4 Å². The van der Waals surface area contributed by atoms with Crippen LogP contribution in [-0.2, 0) is 4.79 Å². The molecule has 2 rings (SSSR count). The number of hydrogen-bond donors (Lipinski definition) is 1. The van der Waals surface area contributed by atoms with E-state index in [1.54, 1.807) is 18.2 Å². The van der Waals surface area contributed by atoms with Crippen molar-refractivity contribution < 1.29 is 9.90 Å². The summed E-state index contributed by atoms with van der Waals surface area (Å²) < 4.78 is -0.522. The molecular formula is C10H6BrCl3O2. The van der Waals surface area contributed by atoms with E-state index >= 15 is 0 Å². The molecule has 1 aliphatic carbocycles. The second kappa shape index (κ2) is 4.05. The minimum absolute atomic E-state index is 0.387. The smallest absolute Gasteiger partial charge is 0.310 e. The van der Waals surface area contributed by atoms with Crippen LogP contribution in [0.4, 0.5) is 0 Å². The zero-order chi connectivity index (χ0) is 12.1. The molecule has 0 aromatic heterocycles. The SMILES string of the molecule is O=C(O)[C@H]1[C@H](c2ccc(Cl)c(Br)c2)C1(Cl)Cl. The van der Waals surface area contributed by atoms with Gasteiger partial charge in [0.2, 0.25) is 0 Å². The van der Waals surface area contributed by atoms with Crippen molar-refractivity contribution in [3.05, 3.63) is 33.3 Å². The monoisotopic (exact) mass is 342 g/mol. The van der Waals surface area contributed by atoms with Gasteiger partial charge in [0.1, 0.15) is 4.33 Å². The number of carboxylic acids is 1. The van der Waals surface area contributed by atoms with Crippen LogP contribution in [0.1, 0.15) is 11.5 Å². The lowest BCUT2D eigenvalue weighted by Crippen LogP contribution is -2.03. The molecule has 0 amide bonds. The lowest BCUT2D eigenvalue weighted by molar-refractivity contribution is -0.138. The van der Waals surface area contributed by atoms with E-state index in [1.165, 1.54) is 0 Å². The van der Waals surface area contributed by atoms with Gasteiger partial charge in [0, 0.05) is 10.4 Å². The molecule has 1 fully saturated rings. The molecule has 1 N–H and O–H groups in total. The van der Waals surface area contributed by atoms with Crippen LogP contribution >= 0.6 is 50.7 Å². The zero-order valence-electron chi connectivity index (χ0n) is 7.75. The first-order valence-corrected chi connectivity index (χ1v) is 6.34. The number of carboxylic acid groups (broad SMARTS) is 1.